The number of rotatable bonds is 3. The maximum absolute atomic E-state index is 11.6. The van der Waals surface area contributed by atoms with Crippen LogP contribution in [0.5, 0.6) is 11.5 Å². The number of ether oxygens (including phenoxy) is 2. The van der Waals surface area contributed by atoms with Crippen LogP contribution < -0.4 is 9.47 Å². The SMILES string of the molecule is COc1cc(C(=O)CBr)cc2c1OC(C)C2. The highest BCUT2D eigenvalue weighted by molar-refractivity contribution is 9.09. The second-order valence-corrected chi connectivity index (χ2v) is 4.42. The smallest absolute Gasteiger partial charge is 0.173 e. The predicted molar refractivity (Wildman–Crippen MR) is 64.9 cm³/mol. The zero-order chi connectivity index (χ0) is 11.7. The first kappa shape index (κ1) is 11.5. The Bertz CT molecular complexity index is 429. The van der Waals surface area contributed by atoms with Gasteiger partial charge in [-0.3, -0.25) is 4.79 Å². The Balaban J connectivity index is 2.47. The van der Waals surface area contributed by atoms with Crippen LogP contribution >= 0.6 is 15.9 Å². The lowest BCUT2D eigenvalue weighted by Crippen LogP contribution is -2.05. The molecule has 86 valence electrons. The monoisotopic (exact) mass is 284 g/mol. The first-order chi connectivity index (χ1) is 7.65. The van der Waals surface area contributed by atoms with Crippen LogP contribution in [0.4, 0.5) is 0 Å². The van der Waals surface area contributed by atoms with Crippen LogP contribution in [0.15, 0.2) is 12.1 Å². The highest BCUT2D eigenvalue weighted by atomic mass is 79.9. The number of ketones is 1. The van der Waals surface area contributed by atoms with Crippen molar-refractivity contribution >= 4 is 21.7 Å². The fraction of sp³-hybridized carbons (Fsp3) is 0.417. The number of fused-ring (bicyclic) bond motifs is 1. The number of carbonyl (C=O) groups excluding carboxylic acids is 1. The van der Waals surface area contributed by atoms with Gasteiger partial charge in [-0.2, -0.15) is 0 Å². The van der Waals surface area contributed by atoms with Crippen LogP contribution in [0, 0.1) is 0 Å². The molecule has 0 aromatic heterocycles. The van der Waals surface area contributed by atoms with Crippen molar-refractivity contribution in [2.75, 3.05) is 12.4 Å². The Morgan fingerprint density at radius 1 is 1.62 bits per heavy atom. The Hall–Kier alpha value is -1.03. The molecule has 0 aliphatic carbocycles. The number of Topliss-reactive ketones (excluding diaryl/α,β-unsaturated/α-hetero) is 1. The van der Waals surface area contributed by atoms with Crippen molar-refractivity contribution in [3.8, 4) is 11.5 Å². The number of carbonyl (C=O) groups is 1. The average molecular weight is 285 g/mol. The summed E-state index contributed by atoms with van der Waals surface area (Å²) >= 11 is 3.17. The minimum absolute atomic E-state index is 0.0562. The van der Waals surface area contributed by atoms with E-state index < -0.39 is 0 Å². The van der Waals surface area contributed by atoms with Crippen LogP contribution in [0.25, 0.3) is 0 Å². The fourth-order valence-electron chi connectivity index (χ4n) is 1.89. The van der Waals surface area contributed by atoms with Crippen LogP contribution in [0.2, 0.25) is 0 Å². The van der Waals surface area contributed by atoms with Crippen LogP contribution in [0.3, 0.4) is 0 Å². The average Bonchev–Trinajstić information content (AvgIpc) is 2.66. The lowest BCUT2D eigenvalue weighted by molar-refractivity contribution is 0.102. The van der Waals surface area contributed by atoms with E-state index in [0.717, 1.165) is 17.7 Å². The summed E-state index contributed by atoms with van der Waals surface area (Å²) in [6.07, 6.45) is 0.980. The van der Waals surface area contributed by atoms with Gasteiger partial charge < -0.3 is 9.47 Å². The number of alkyl halides is 1. The van der Waals surface area contributed by atoms with Crippen molar-refractivity contribution in [3.63, 3.8) is 0 Å². The number of halogens is 1. The molecule has 0 saturated carbocycles. The topological polar surface area (TPSA) is 35.5 Å². The van der Waals surface area contributed by atoms with E-state index in [1.807, 2.05) is 13.0 Å². The molecule has 1 atom stereocenters. The van der Waals surface area contributed by atoms with Gasteiger partial charge in [-0.1, -0.05) is 15.9 Å². The second kappa shape index (κ2) is 4.45. The van der Waals surface area contributed by atoms with Crippen LogP contribution in [-0.4, -0.2) is 24.3 Å². The molecule has 1 unspecified atom stereocenters. The van der Waals surface area contributed by atoms with Gasteiger partial charge in [0.05, 0.1) is 12.4 Å². The zero-order valence-corrected chi connectivity index (χ0v) is 10.8. The summed E-state index contributed by atoms with van der Waals surface area (Å²) in [6.45, 7) is 2.01. The van der Waals surface area contributed by atoms with E-state index in [1.165, 1.54) is 0 Å². The molecular formula is C12H13BrO3. The summed E-state index contributed by atoms with van der Waals surface area (Å²) in [5.41, 5.74) is 1.72. The van der Waals surface area contributed by atoms with Gasteiger partial charge in [0.15, 0.2) is 17.3 Å². The predicted octanol–water partition coefficient (Wildman–Crippen LogP) is 2.60. The summed E-state index contributed by atoms with van der Waals surface area (Å²) in [5.74, 6) is 1.48. The summed E-state index contributed by atoms with van der Waals surface area (Å²) in [4.78, 5) is 11.6. The molecule has 0 bridgehead atoms. The molecule has 0 spiro atoms. The largest absolute Gasteiger partial charge is 0.493 e. The lowest BCUT2D eigenvalue weighted by Gasteiger charge is -2.09. The molecule has 0 fully saturated rings. The molecule has 4 heteroatoms. The third-order valence-electron chi connectivity index (χ3n) is 2.62. The molecule has 0 N–H and O–H groups in total. The number of methoxy groups -OCH3 is 1. The van der Waals surface area contributed by atoms with Gasteiger partial charge in [-0.15, -0.1) is 0 Å². The van der Waals surface area contributed by atoms with Crippen molar-refractivity contribution in [1.29, 1.82) is 0 Å². The van der Waals surface area contributed by atoms with E-state index in [4.69, 9.17) is 9.47 Å². The van der Waals surface area contributed by atoms with Gasteiger partial charge >= 0.3 is 0 Å². The number of hydrogen-bond donors (Lipinski definition) is 0. The molecule has 0 saturated heterocycles. The van der Waals surface area contributed by atoms with E-state index in [-0.39, 0.29) is 11.9 Å². The Morgan fingerprint density at radius 2 is 2.38 bits per heavy atom. The Kier molecular flexibility index (Phi) is 3.19. The van der Waals surface area contributed by atoms with E-state index in [1.54, 1.807) is 13.2 Å². The molecule has 1 aromatic carbocycles. The Labute approximate surface area is 103 Å². The van der Waals surface area contributed by atoms with Crippen LogP contribution in [-0.2, 0) is 6.42 Å². The lowest BCUT2D eigenvalue weighted by atomic mass is 10.0. The first-order valence-electron chi connectivity index (χ1n) is 5.12. The minimum Gasteiger partial charge on any atom is -0.493 e. The normalized spacial score (nSPS) is 17.8. The van der Waals surface area contributed by atoms with E-state index in [0.29, 0.717) is 16.6 Å². The van der Waals surface area contributed by atoms with Gasteiger partial charge in [-0.25, -0.2) is 0 Å². The quantitative estimate of drug-likeness (QED) is 0.632. The van der Waals surface area contributed by atoms with Gasteiger partial charge in [0.25, 0.3) is 0 Å². The molecule has 0 radical (unpaired) electrons. The van der Waals surface area contributed by atoms with E-state index >= 15 is 0 Å². The summed E-state index contributed by atoms with van der Waals surface area (Å²) < 4.78 is 10.9. The summed E-state index contributed by atoms with van der Waals surface area (Å²) in [6, 6.07) is 3.63. The highest BCUT2D eigenvalue weighted by Crippen LogP contribution is 2.39. The summed E-state index contributed by atoms with van der Waals surface area (Å²) in [7, 11) is 1.59. The second-order valence-electron chi connectivity index (χ2n) is 3.86. The van der Waals surface area contributed by atoms with Gasteiger partial charge in [0.1, 0.15) is 6.10 Å². The van der Waals surface area contributed by atoms with E-state index in [9.17, 15) is 4.79 Å². The van der Waals surface area contributed by atoms with Gasteiger partial charge in [-0.05, 0) is 19.1 Å². The maximum Gasteiger partial charge on any atom is 0.173 e. The van der Waals surface area contributed by atoms with E-state index in [2.05, 4.69) is 15.9 Å². The molecule has 0 amide bonds. The van der Waals surface area contributed by atoms with Crippen molar-refractivity contribution in [1.82, 2.24) is 0 Å². The van der Waals surface area contributed by atoms with Crippen molar-refractivity contribution in [3.05, 3.63) is 23.3 Å². The fourth-order valence-corrected chi connectivity index (χ4v) is 2.21. The third-order valence-corrected chi connectivity index (χ3v) is 3.13. The highest BCUT2D eigenvalue weighted by Gasteiger charge is 2.24. The first-order valence-corrected chi connectivity index (χ1v) is 6.24. The number of hydrogen-bond acceptors (Lipinski definition) is 3. The molecule has 3 nitrogen and oxygen atoms in total. The molecule has 1 heterocycles. The molecule has 1 aliphatic heterocycles. The minimum atomic E-state index is 0.0562. The molecule has 1 aliphatic rings. The summed E-state index contributed by atoms with van der Waals surface area (Å²) in [5, 5.41) is 0.325. The van der Waals surface area contributed by atoms with Crippen LogP contribution in [0.1, 0.15) is 22.8 Å². The molecular weight excluding hydrogens is 272 g/mol. The third kappa shape index (κ3) is 1.94. The van der Waals surface area contributed by atoms with Gasteiger partial charge in [0.2, 0.25) is 0 Å². The molecule has 1 aromatic rings. The van der Waals surface area contributed by atoms with Gasteiger partial charge in [0, 0.05) is 17.5 Å². The number of benzene rings is 1. The standard InChI is InChI=1S/C12H13BrO3/c1-7-3-9-4-8(10(14)6-13)5-11(15-2)12(9)16-7/h4-5,7H,3,6H2,1-2H3. The van der Waals surface area contributed by atoms with Crippen molar-refractivity contribution in [2.45, 2.75) is 19.4 Å². The molecule has 2 rings (SSSR count). The van der Waals surface area contributed by atoms with Crippen molar-refractivity contribution in [2.24, 2.45) is 0 Å². The molecule has 16 heavy (non-hydrogen) atoms. The zero-order valence-electron chi connectivity index (χ0n) is 9.25. The Morgan fingerprint density at radius 3 is 3.00 bits per heavy atom. The maximum atomic E-state index is 11.6. The van der Waals surface area contributed by atoms with Crippen molar-refractivity contribution < 1.29 is 14.3 Å².